The molecule has 1 aromatic rings. The molecule has 22 heavy (non-hydrogen) atoms. The summed E-state index contributed by atoms with van der Waals surface area (Å²) in [5.41, 5.74) is 1.14. The molecule has 0 aliphatic heterocycles. The molecule has 1 unspecified atom stereocenters. The monoisotopic (exact) mass is 327 g/mol. The van der Waals surface area contributed by atoms with Crippen molar-refractivity contribution in [3.63, 3.8) is 0 Å². The average molecular weight is 327 g/mol. The Kier molecular flexibility index (Phi) is 7.55. The highest BCUT2D eigenvalue weighted by molar-refractivity contribution is 7.90. The molecule has 0 fully saturated rings. The number of hydrogen-bond donors (Lipinski definition) is 0. The van der Waals surface area contributed by atoms with E-state index in [2.05, 4.69) is 4.90 Å². The number of nitrogens with zero attached hydrogens (tertiary/aromatic N) is 1. The van der Waals surface area contributed by atoms with E-state index in [9.17, 15) is 13.2 Å². The van der Waals surface area contributed by atoms with Gasteiger partial charge < -0.3 is 4.74 Å². The van der Waals surface area contributed by atoms with Crippen molar-refractivity contribution in [1.82, 2.24) is 4.90 Å². The van der Waals surface area contributed by atoms with Crippen LogP contribution in [-0.2, 0) is 25.9 Å². The molecule has 1 aromatic carbocycles. The number of methoxy groups -OCH3 is 1. The highest BCUT2D eigenvalue weighted by Gasteiger charge is 2.18. The number of benzene rings is 1. The van der Waals surface area contributed by atoms with Crippen molar-refractivity contribution in [3.8, 4) is 0 Å². The zero-order valence-corrected chi connectivity index (χ0v) is 14.3. The Bertz CT molecular complexity index is 557. The van der Waals surface area contributed by atoms with Gasteiger partial charge >= 0.3 is 5.97 Å². The van der Waals surface area contributed by atoms with Gasteiger partial charge in [0, 0.05) is 19.3 Å². The second-order valence-corrected chi connectivity index (χ2v) is 7.89. The lowest BCUT2D eigenvalue weighted by Gasteiger charge is -2.24. The number of sulfone groups is 1. The van der Waals surface area contributed by atoms with E-state index in [1.54, 1.807) is 0 Å². The molecular formula is C16H25NO4S. The Labute approximate surface area is 133 Å². The maximum atomic E-state index is 11.6. The van der Waals surface area contributed by atoms with Gasteiger partial charge in [-0.05, 0) is 18.5 Å². The molecule has 1 rings (SSSR count). The predicted molar refractivity (Wildman–Crippen MR) is 87.2 cm³/mol. The molecule has 124 valence electrons. The highest BCUT2D eigenvalue weighted by atomic mass is 32.2. The van der Waals surface area contributed by atoms with Crippen LogP contribution in [0.25, 0.3) is 0 Å². The molecule has 0 saturated carbocycles. The normalized spacial score (nSPS) is 13.1. The molecular weight excluding hydrogens is 302 g/mol. The van der Waals surface area contributed by atoms with E-state index in [0.29, 0.717) is 26.1 Å². The summed E-state index contributed by atoms with van der Waals surface area (Å²) in [6.45, 7) is 3.68. The Hall–Kier alpha value is -1.40. The van der Waals surface area contributed by atoms with Gasteiger partial charge in [0.2, 0.25) is 0 Å². The molecule has 5 nitrogen and oxygen atoms in total. The third-order valence-electron chi connectivity index (χ3n) is 3.37. The molecule has 0 N–H and O–H groups in total. The van der Waals surface area contributed by atoms with Crippen molar-refractivity contribution in [2.75, 3.05) is 32.2 Å². The molecule has 6 heteroatoms. The topological polar surface area (TPSA) is 63.7 Å². The van der Waals surface area contributed by atoms with Crippen molar-refractivity contribution >= 4 is 15.8 Å². The maximum absolute atomic E-state index is 11.6. The summed E-state index contributed by atoms with van der Waals surface area (Å²) in [5.74, 6) is -0.335. The molecule has 0 aliphatic rings. The van der Waals surface area contributed by atoms with Gasteiger partial charge in [0.15, 0.2) is 0 Å². The molecule has 0 amide bonds. The van der Waals surface area contributed by atoms with Gasteiger partial charge in [0.05, 0.1) is 18.8 Å². The van der Waals surface area contributed by atoms with Crippen LogP contribution in [0.4, 0.5) is 0 Å². The van der Waals surface area contributed by atoms with Gasteiger partial charge in [-0.15, -0.1) is 0 Å². The molecule has 0 heterocycles. The van der Waals surface area contributed by atoms with Gasteiger partial charge in [-0.2, -0.15) is 0 Å². The quantitative estimate of drug-likeness (QED) is 0.646. The van der Waals surface area contributed by atoms with Crippen LogP contribution in [0.15, 0.2) is 30.3 Å². The second kappa shape index (κ2) is 8.90. The summed E-state index contributed by atoms with van der Waals surface area (Å²) in [6, 6.07) is 9.93. The smallest absolute Gasteiger partial charge is 0.309 e. The van der Waals surface area contributed by atoms with Crippen LogP contribution in [0.1, 0.15) is 18.9 Å². The summed E-state index contributed by atoms with van der Waals surface area (Å²) in [4.78, 5) is 13.7. The zero-order valence-electron chi connectivity index (χ0n) is 13.5. The van der Waals surface area contributed by atoms with Crippen LogP contribution in [0.3, 0.4) is 0 Å². The fourth-order valence-corrected chi connectivity index (χ4v) is 2.94. The van der Waals surface area contributed by atoms with Crippen LogP contribution in [-0.4, -0.2) is 51.5 Å². The Morgan fingerprint density at radius 1 is 1.27 bits per heavy atom. The van der Waals surface area contributed by atoms with Crippen LogP contribution in [0, 0.1) is 5.92 Å². The van der Waals surface area contributed by atoms with E-state index in [4.69, 9.17) is 4.74 Å². The Balaban J connectivity index is 2.65. The van der Waals surface area contributed by atoms with E-state index in [-0.39, 0.29) is 17.6 Å². The number of rotatable bonds is 9. The number of esters is 1. The zero-order chi connectivity index (χ0) is 16.6. The first kappa shape index (κ1) is 18.6. The van der Waals surface area contributed by atoms with Crippen molar-refractivity contribution in [3.05, 3.63) is 35.9 Å². The minimum Gasteiger partial charge on any atom is -0.469 e. The summed E-state index contributed by atoms with van der Waals surface area (Å²) in [6.07, 6.45) is 1.80. The Morgan fingerprint density at radius 3 is 2.45 bits per heavy atom. The van der Waals surface area contributed by atoms with Crippen LogP contribution < -0.4 is 0 Å². The third kappa shape index (κ3) is 7.56. The minimum atomic E-state index is -2.96. The van der Waals surface area contributed by atoms with E-state index < -0.39 is 9.84 Å². The Morgan fingerprint density at radius 2 is 1.91 bits per heavy atom. The summed E-state index contributed by atoms with van der Waals surface area (Å²) >= 11 is 0. The molecule has 0 saturated heterocycles. The van der Waals surface area contributed by atoms with Crippen LogP contribution in [0.2, 0.25) is 0 Å². The molecule has 0 aromatic heterocycles. The molecule has 1 atom stereocenters. The third-order valence-corrected chi connectivity index (χ3v) is 4.40. The number of hydrogen-bond acceptors (Lipinski definition) is 5. The average Bonchev–Trinajstić information content (AvgIpc) is 2.45. The van der Waals surface area contributed by atoms with Crippen LogP contribution >= 0.6 is 0 Å². The second-order valence-electron chi connectivity index (χ2n) is 5.63. The van der Waals surface area contributed by atoms with Gasteiger partial charge in [-0.25, -0.2) is 8.42 Å². The molecule has 0 spiro atoms. The van der Waals surface area contributed by atoms with Gasteiger partial charge in [-0.1, -0.05) is 37.3 Å². The lowest BCUT2D eigenvalue weighted by molar-refractivity contribution is -0.145. The fraction of sp³-hybridized carbons (Fsp3) is 0.562. The van der Waals surface area contributed by atoms with E-state index >= 15 is 0 Å². The highest BCUT2D eigenvalue weighted by Crippen LogP contribution is 2.10. The summed E-state index contributed by atoms with van der Waals surface area (Å²) < 4.78 is 27.3. The summed E-state index contributed by atoms with van der Waals surface area (Å²) in [7, 11) is -1.58. The van der Waals surface area contributed by atoms with E-state index in [1.165, 1.54) is 13.4 Å². The summed E-state index contributed by atoms with van der Waals surface area (Å²) in [5, 5.41) is 0. The minimum absolute atomic E-state index is 0.158. The van der Waals surface area contributed by atoms with E-state index in [1.807, 2.05) is 37.3 Å². The standard InChI is InChI=1S/C16H25NO4S/c1-14(16(18)21-2)12-17(10-7-11-22(3,19)20)13-15-8-5-4-6-9-15/h4-6,8-9,14H,7,10-13H2,1-3H3. The molecule has 0 aliphatic carbocycles. The van der Waals surface area contributed by atoms with Crippen molar-refractivity contribution < 1.29 is 17.9 Å². The van der Waals surface area contributed by atoms with E-state index in [0.717, 1.165) is 5.56 Å². The number of ether oxygens (including phenoxy) is 1. The predicted octanol–water partition coefficient (Wildman–Crippen LogP) is 1.73. The maximum Gasteiger partial charge on any atom is 0.309 e. The lowest BCUT2D eigenvalue weighted by Crippen LogP contribution is -2.33. The number of carbonyl (C=O) groups excluding carboxylic acids is 1. The van der Waals surface area contributed by atoms with Gasteiger partial charge in [-0.3, -0.25) is 9.69 Å². The van der Waals surface area contributed by atoms with Crippen molar-refractivity contribution in [2.45, 2.75) is 19.9 Å². The lowest BCUT2D eigenvalue weighted by atomic mass is 10.1. The van der Waals surface area contributed by atoms with Crippen molar-refractivity contribution in [2.24, 2.45) is 5.92 Å². The molecule has 0 bridgehead atoms. The molecule has 0 radical (unpaired) electrons. The SMILES string of the molecule is COC(=O)C(C)CN(CCCS(C)(=O)=O)Cc1ccccc1. The van der Waals surface area contributed by atoms with Gasteiger partial charge in [0.1, 0.15) is 9.84 Å². The first-order chi connectivity index (χ1) is 10.3. The number of carbonyl (C=O) groups is 1. The van der Waals surface area contributed by atoms with Crippen molar-refractivity contribution in [1.29, 1.82) is 0 Å². The fourth-order valence-electron chi connectivity index (χ4n) is 2.29. The van der Waals surface area contributed by atoms with Gasteiger partial charge in [0.25, 0.3) is 0 Å². The first-order valence-corrected chi connectivity index (χ1v) is 9.39. The van der Waals surface area contributed by atoms with Crippen LogP contribution in [0.5, 0.6) is 0 Å². The largest absolute Gasteiger partial charge is 0.469 e. The first-order valence-electron chi connectivity index (χ1n) is 7.33.